The van der Waals surface area contributed by atoms with Crippen LogP contribution in [0.1, 0.15) is 20.8 Å². The molecule has 3 heteroatoms. The summed E-state index contributed by atoms with van der Waals surface area (Å²) >= 11 is 0. The summed E-state index contributed by atoms with van der Waals surface area (Å²) in [5, 5.41) is 3.30. The maximum absolute atomic E-state index is 4.21. The lowest BCUT2D eigenvalue weighted by Gasteiger charge is -2.09. The maximum atomic E-state index is 4.21. The third-order valence-electron chi connectivity index (χ3n) is 1.72. The van der Waals surface area contributed by atoms with E-state index >= 15 is 0 Å². The van der Waals surface area contributed by atoms with Crippen LogP contribution in [0.25, 0.3) is 0 Å². The average molecular weight is 167 g/mol. The van der Waals surface area contributed by atoms with Gasteiger partial charge in [-0.2, -0.15) is 0 Å². The van der Waals surface area contributed by atoms with Gasteiger partial charge in [0.05, 0.1) is 0 Å². The highest BCUT2D eigenvalue weighted by molar-refractivity contribution is 5.25. The number of rotatable bonds is 4. The number of hydrogen-bond donors (Lipinski definition) is 1. The largest absolute Gasteiger partial charge is 0.355 e. The minimum absolute atomic E-state index is 0.659. The molecule has 1 aromatic heterocycles. The first kappa shape index (κ1) is 9.10. The van der Waals surface area contributed by atoms with Crippen molar-refractivity contribution in [3.05, 3.63) is 12.4 Å². The van der Waals surface area contributed by atoms with Crippen LogP contribution in [0, 0.1) is 5.92 Å². The Morgan fingerprint density at radius 1 is 1.58 bits per heavy atom. The Morgan fingerprint density at radius 2 is 2.33 bits per heavy atom. The molecule has 0 unspecified atom stereocenters. The van der Waals surface area contributed by atoms with E-state index in [1.807, 2.05) is 12.4 Å². The summed E-state index contributed by atoms with van der Waals surface area (Å²) in [6.45, 7) is 8.44. The van der Waals surface area contributed by atoms with Gasteiger partial charge in [-0.3, -0.25) is 0 Å². The summed E-state index contributed by atoms with van der Waals surface area (Å²) in [5.41, 5.74) is 0. The second kappa shape index (κ2) is 4.14. The summed E-state index contributed by atoms with van der Waals surface area (Å²) in [6.07, 6.45) is 3.81. The monoisotopic (exact) mass is 167 g/mol. The highest BCUT2D eigenvalue weighted by Gasteiger charge is 1.99. The third-order valence-corrected chi connectivity index (χ3v) is 1.72. The van der Waals surface area contributed by atoms with Gasteiger partial charge in [-0.05, 0) is 12.8 Å². The molecule has 0 radical (unpaired) electrons. The van der Waals surface area contributed by atoms with Crippen molar-refractivity contribution in [3.63, 3.8) is 0 Å². The highest BCUT2D eigenvalue weighted by atomic mass is 15.2. The van der Waals surface area contributed by atoms with Crippen LogP contribution in [0.5, 0.6) is 0 Å². The summed E-state index contributed by atoms with van der Waals surface area (Å²) in [7, 11) is 0. The van der Waals surface area contributed by atoms with Crippen LogP contribution >= 0.6 is 0 Å². The molecule has 0 saturated carbocycles. The second-order valence-electron chi connectivity index (χ2n) is 3.31. The van der Waals surface area contributed by atoms with Gasteiger partial charge in [0.15, 0.2) is 0 Å². The molecule has 0 atom stereocenters. The summed E-state index contributed by atoms with van der Waals surface area (Å²) in [6, 6.07) is 0. The molecule has 0 amide bonds. The zero-order valence-electron chi connectivity index (χ0n) is 8.04. The smallest absolute Gasteiger partial charge is 0.202 e. The van der Waals surface area contributed by atoms with Crippen molar-refractivity contribution >= 4 is 5.95 Å². The van der Waals surface area contributed by atoms with Crippen LogP contribution in [0.15, 0.2) is 12.4 Å². The molecule has 1 aromatic rings. The van der Waals surface area contributed by atoms with E-state index in [9.17, 15) is 0 Å². The molecule has 0 aromatic carbocycles. The Morgan fingerprint density at radius 3 is 2.92 bits per heavy atom. The molecule has 1 heterocycles. The van der Waals surface area contributed by atoms with E-state index in [0.29, 0.717) is 5.92 Å². The first-order valence-corrected chi connectivity index (χ1v) is 4.49. The van der Waals surface area contributed by atoms with E-state index in [4.69, 9.17) is 0 Å². The van der Waals surface area contributed by atoms with Gasteiger partial charge in [0.1, 0.15) is 0 Å². The quantitative estimate of drug-likeness (QED) is 0.743. The van der Waals surface area contributed by atoms with Gasteiger partial charge in [-0.25, -0.2) is 4.98 Å². The molecule has 0 spiro atoms. The lowest BCUT2D eigenvalue weighted by molar-refractivity contribution is 0.673. The second-order valence-corrected chi connectivity index (χ2v) is 3.31. The van der Waals surface area contributed by atoms with Gasteiger partial charge in [0.25, 0.3) is 0 Å². The number of aromatic nitrogens is 2. The van der Waals surface area contributed by atoms with Crippen molar-refractivity contribution in [2.45, 2.75) is 27.3 Å². The fourth-order valence-corrected chi connectivity index (χ4v) is 1.03. The van der Waals surface area contributed by atoms with Crippen LogP contribution in [0.4, 0.5) is 5.95 Å². The molecule has 0 fully saturated rings. The third kappa shape index (κ3) is 2.26. The first-order chi connectivity index (χ1) is 5.74. The fourth-order valence-electron chi connectivity index (χ4n) is 1.03. The predicted octanol–water partition coefficient (Wildman–Crippen LogP) is 1.97. The van der Waals surface area contributed by atoms with Gasteiger partial charge in [0.2, 0.25) is 5.95 Å². The standard InChI is InChI=1S/C9H17N3/c1-4-12-6-5-10-9(12)11-7-8(2)3/h5-6,8H,4,7H2,1-3H3,(H,10,11). The van der Waals surface area contributed by atoms with E-state index < -0.39 is 0 Å². The molecule has 0 aliphatic heterocycles. The fraction of sp³-hybridized carbons (Fsp3) is 0.667. The summed E-state index contributed by atoms with van der Waals surface area (Å²) in [5.74, 6) is 1.64. The Balaban J connectivity index is 2.50. The first-order valence-electron chi connectivity index (χ1n) is 4.49. The van der Waals surface area contributed by atoms with E-state index in [1.54, 1.807) is 0 Å². The molecule has 0 aliphatic carbocycles. The molecule has 1 N–H and O–H groups in total. The summed E-state index contributed by atoms with van der Waals surface area (Å²) in [4.78, 5) is 4.21. The average Bonchev–Trinajstić information content (AvgIpc) is 2.47. The zero-order chi connectivity index (χ0) is 8.97. The maximum Gasteiger partial charge on any atom is 0.202 e. The van der Waals surface area contributed by atoms with E-state index in [-0.39, 0.29) is 0 Å². The lowest BCUT2D eigenvalue weighted by Crippen LogP contribution is -2.12. The molecule has 0 saturated heterocycles. The number of hydrogen-bond acceptors (Lipinski definition) is 2. The van der Waals surface area contributed by atoms with Gasteiger partial charge in [-0.1, -0.05) is 13.8 Å². The van der Waals surface area contributed by atoms with Crippen LogP contribution in [-0.4, -0.2) is 16.1 Å². The Kier molecular flexibility index (Phi) is 3.14. The van der Waals surface area contributed by atoms with Crippen LogP contribution in [0.2, 0.25) is 0 Å². The molecule has 3 nitrogen and oxygen atoms in total. The molecule has 1 rings (SSSR count). The molecular weight excluding hydrogens is 150 g/mol. The van der Waals surface area contributed by atoms with Crippen LogP contribution < -0.4 is 5.32 Å². The molecular formula is C9H17N3. The van der Waals surface area contributed by atoms with Crippen molar-refractivity contribution in [2.24, 2.45) is 5.92 Å². The van der Waals surface area contributed by atoms with Crippen molar-refractivity contribution in [1.29, 1.82) is 0 Å². The molecule has 0 bridgehead atoms. The minimum Gasteiger partial charge on any atom is -0.355 e. The van der Waals surface area contributed by atoms with Gasteiger partial charge in [0, 0.05) is 25.5 Å². The lowest BCUT2D eigenvalue weighted by atomic mass is 10.2. The highest BCUT2D eigenvalue weighted by Crippen LogP contribution is 2.04. The number of aryl methyl sites for hydroxylation is 1. The van der Waals surface area contributed by atoms with Crippen LogP contribution in [-0.2, 0) is 6.54 Å². The normalized spacial score (nSPS) is 10.7. The van der Waals surface area contributed by atoms with E-state index in [2.05, 4.69) is 35.6 Å². The molecule has 0 aliphatic rings. The minimum atomic E-state index is 0.659. The van der Waals surface area contributed by atoms with Crippen molar-refractivity contribution in [2.75, 3.05) is 11.9 Å². The van der Waals surface area contributed by atoms with Gasteiger partial charge in [-0.15, -0.1) is 0 Å². The SMILES string of the molecule is CCn1ccnc1NCC(C)C. The van der Waals surface area contributed by atoms with E-state index in [0.717, 1.165) is 19.0 Å². The Bertz CT molecular complexity index is 227. The predicted molar refractivity (Wildman–Crippen MR) is 51.2 cm³/mol. The summed E-state index contributed by atoms with van der Waals surface area (Å²) < 4.78 is 2.10. The Labute approximate surface area is 73.8 Å². The Hall–Kier alpha value is -0.990. The van der Waals surface area contributed by atoms with Gasteiger partial charge >= 0.3 is 0 Å². The molecule has 68 valence electrons. The van der Waals surface area contributed by atoms with Crippen molar-refractivity contribution < 1.29 is 0 Å². The van der Waals surface area contributed by atoms with Crippen molar-refractivity contribution in [1.82, 2.24) is 9.55 Å². The van der Waals surface area contributed by atoms with Gasteiger partial charge < -0.3 is 9.88 Å². The topological polar surface area (TPSA) is 29.9 Å². The number of anilines is 1. The van der Waals surface area contributed by atoms with Crippen LogP contribution in [0.3, 0.4) is 0 Å². The number of nitrogens with one attached hydrogen (secondary N) is 1. The number of nitrogens with zero attached hydrogens (tertiary/aromatic N) is 2. The molecule has 12 heavy (non-hydrogen) atoms. The zero-order valence-corrected chi connectivity index (χ0v) is 8.04. The van der Waals surface area contributed by atoms with E-state index in [1.165, 1.54) is 0 Å². The van der Waals surface area contributed by atoms with Crippen molar-refractivity contribution in [3.8, 4) is 0 Å². The number of imidazole rings is 1.